The van der Waals surface area contributed by atoms with Gasteiger partial charge >= 0.3 is 0 Å². The van der Waals surface area contributed by atoms with E-state index in [1.807, 2.05) is 0 Å². The molecule has 1 nitrogen and oxygen atoms in total. The van der Waals surface area contributed by atoms with Gasteiger partial charge in [-0.2, -0.15) is 0 Å². The molecule has 1 aromatic rings. The summed E-state index contributed by atoms with van der Waals surface area (Å²) in [5.74, 6) is -0.229. The van der Waals surface area contributed by atoms with Crippen molar-refractivity contribution in [2.45, 2.75) is 6.54 Å². The molecule has 0 radical (unpaired) electrons. The fourth-order valence-corrected chi connectivity index (χ4v) is 1.23. The van der Waals surface area contributed by atoms with Crippen molar-refractivity contribution in [2.24, 2.45) is 0 Å². The molecule has 0 aliphatic carbocycles. The Kier molecular flexibility index (Phi) is 4.08. The predicted molar refractivity (Wildman–Crippen MR) is 58.4 cm³/mol. The van der Waals surface area contributed by atoms with Gasteiger partial charge in [-0.1, -0.05) is 24.8 Å². The van der Waals surface area contributed by atoms with Crippen LogP contribution in [0.1, 0.15) is 11.1 Å². The molecule has 74 valence electrons. The summed E-state index contributed by atoms with van der Waals surface area (Å²) in [5, 5.41) is 3.16. The minimum atomic E-state index is -0.229. The van der Waals surface area contributed by atoms with Gasteiger partial charge in [0.2, 0.25) is 0 Å². The molecule has 0 aromatic heterocycles. The highest BCUT2D eigenvalue weighted by Gasteiger charge is 1.99. The molecule has 0 saturated carbocycles. The van der Waals surface area contributed by atoms with E-state index in [-0.39, 0.29) is 5.82 Å². The minimum absolute atomic E-state index is 0.229. The largest absolute Gasteiger partial charge is 0.309 e. The van der Waals surface area contributed by atoms with Crippen LogP contribution in [0.15, 0.2) is 37.4 Å². The fourth-order valence-electron chi connectivity index (χ4n) is 1.23. The lowest BCUT2D eigenvalue weighted by Crippen LogP contribution is -2.13. The van der Waals surface area contributed by atoms with E-state index in [0.717, 1.165) is 17.7 Å². The second kappa shape index (κ2) is 5.35. The van der Waals surface area contributed by atoms with Crippen LogP contribution in [-0.4, -0.2) is 6.54 Å². The van der Waals surface area contributed by atoms with Gasteiger partial charge < -0.3 is 5.32 Å². The predicted octanol–water partition coefficient (Wildman–Crippen LogP) is 2.74. The summed E-state index contributed by atoms with van der Waals surface area (Å²) in [6, 6.07) is 4.71. The molecule has 0 saturated heterocycles. The third-order valence-electron chi connectivity index (χ3n) is 1.93. The molecule has 0 unspecified atom stereocenters. The Bertz CT molecular complexity index is 331. The molecule has 1 aromatic carbocycles. The molecule has 0 aliphatic rings. The van der Waals surface area contributed by atoms with Crippen molar-refractivity contribution in [1.29, 1.82) is 0 Å². The van der Waals surface area contributed by atoms with E-state index in [4.69, 9.17) is 0 Å². The monoisotopic (exact) mass is 191 g/mol. The van der Waals surface area contributed by atoms with Crippen molar-refractivity contribution < 1.29 is 4.39 Å². The molecule has 0 atom stereocenters. The van der Waals surface area contributed by atoms with Crippen LogP contribution in [0.4, 0.5) is 4.39 Å². The third-order valence-corrected chi connectivity index (χ3v) is 1.93. The zero-order chi connectivity index (χ0) is 10.4. The second-order valence-corrected chi connectivity index (χ2v) is 2.97. The SMILES string of the molecule is C=CCNCc1ccc(F)cc1C=C. The minimum Gasteiger partial charge on any atom is -0.309 e. The molecule has 0 aliphatic heterocycles. The highest BCUT2D eigenvalue weighted by atomic mass is 19.1. The number of hydrogen-bond acceptors (Lipinski definition) is 1. The Morgan fingerprint density at radius 1 is 1.36 bits per heavy atom. The molecule has 1 N–H and O–H groups in total. The van der Waals surface area contributed by atoms with E-state index in [1.54, 1.807) is 18.2 Å². The van der Waals surface area contributed by atoms with Crippen LogP contribution in [0.5, 0.6) is 0 Å². The molecule has 1 rings (SSSR count). The van der Waals surface area contributed by atoms with E-state index in [0.29, 0.717) is 6.54 Å². The number of hydrogen-bond donors (Lipinski definition) is 1. The van der Waals surface area contributed by atoms with E-state index in [2.05, 4.69) is 18.5 Å². The first-order valence-corrected chi connectivity index (χ1v) is 4.50. The zero-order valence-electron chi connectivity index (χ0n) is 8.09. The normalized spacial score (nSPS) is 9.79. The van der Waals surface area contributed by atoms with Gasteiger partial charge in [0.15, 0.2) is 0 Å². The lowest BCUT2D eigenvalue weighted by atomic mass is 10.1. The summed E-state index contributed by atoms with van der Waals surface area (Å²) in [7, 11) is 0. The lowest BCUT2D eigenvalue weighted by Gasteiger charge is -2.06. The summed E-state index contributed by atoms with van der Waals surface area (Å²) in [6.07, 6.45) is 3.45. The van der Waals surface area contributed by atoms with Crippen molar-refractivity contribution in [1.82, 2.24) is 5.32 Å². The summed E-state index contributed by atoms with van der Waals surface area (Å²) in [6.45, 7) is 8.70. The molecule has 0 spiro atoms. The molecular weight excluding hydrogens is 177 g/mol. The Balaban J connectivity index is 2.74. The highest BCUT2D eigenvalue weighted by Crippen LogP contribution is 2.12. The van der Waals surface area contributed by atoms with E-state index >= 15 is 0 Å². The van der Waals surface area contributed by atoms with Gasteiger partial charge in [0, 0.05) is 13.1 Å². The number of benzene rings is 1. The van der Waals surface area contributed by atoms with Crippen molar-refractivity contribution in [2.75, 3.05) is 6.54 Å². The quantitative estimate of drug-likeness (QED) is 0.557. The molecule has 0 heterocycles. The molecule has 14 heavy (non-hydrogen) atoms. The Labute approximate surface area is 84.0 Å². The standard InChI is InChI=1S/C12H14FN/c1-3-7-14-9-11-5-6-12(13)8-10(11)4-2/h3-6,8,14H,1-2,7,9H2. The number of nitrogens with one attached hydrogen (secondary N) is 1. The molecular formula is C12H14FN. The van der Waals surface area contributed by atoms with Gasteiger partial charge in [-0.25, -0.2) is 4.39 Å². The Hall–Kier alpha value is -1.41. The van der Waals surface area contributed by atoms with Crippen molar-refractivity contribution in [3.8, 4) is 0 Å². The maximum absolute atomic E-state index is 12.8. The Morgan fingerprint density at radius 3 is 2.79 bits per heavy atom. The van der Waals surface area contributed by atoms with E-state index < -0.39 is 0 Å². The van der Waals surface area contributed by atoms with E-state index in [1.165, 1.54) is 12.1 Å². The maximum atomic E-state index is 12.8. The van der Waals surface area contributed by atoms with Crippen molar-refractivity contribution >= 4 is 6.08 Å². The molecule has 2 heteroatoms. The summed E-state index contributed by atoms with van der Waals surface area (Å²) in [5.41, 5.74) is 1.88. The maximum Gasteiger partial charge on any atom is 0.123 e. The van der Waals surface area contributed by atoms with Crippen LogP contribution in [0.2, 0.25) is 0 Å². The van der Waals surface area contributed by atoms with Gasteiger partial charge in [-0.05, 0) is 23.3 Å². The summed E-state index contributed by atoms with van der Waals surface area (Å²) in [4.78, 5) is 0. The second-order valence-electron chi connectivity index (χ2n) is 2.97. The van der Waals surface area contributed by atoms with Crippen LogP contribution in [0, 0.1) is 5.82 Å². The first kappa shape index (κ1) is 10.7. The van der Waals surface area contributed by atoms with Gasteiger partial charge in [0.05, 0.1) is 0 Å². The van der Waals surface area contributed by atoms with Crippen LogP contribution in [0.25, 0.3) is 6.08 Å². The molecule has 0 amide bonds. The first-order valence-electron chi connectivity index (χ1n) is 4.50. The van der Waals surface area contributed by atoms with Crippen LogP contribution >= 0.6 is 0 Å². The number of halogens is 1. The topological polar surface area (TPSA) is 12.0 Å². The van der Waals surface area contributed by atoms with Gasteiger partial charge in [-0.3, -0.25) is 0 Å². The van der Waals surface area contributed by atoms with Gasteiger partial charge in [0.25, 0.3) is 0 Å². The van der Waals surface area contributed by atoms with Gasteiger partial charge in [0.1, 0.15) is 5.82 Å². The van der Waals surface area contributed by atoms with Crippen LogP contribution in [0.3, 0.4) is 0 Å². The lowest BCUT2D eigenvalue weighted by molar-refractivity contribution is 0.625. The summed E-state index contributed by atoms with van der Waals surface area (Å²) >= 11 is 0. The highest BCUT2D eigenvalue weighted by molar-refractivity contribution is 5.51. The summed E-state index contributed by atoms with van der Waals surface area (Å²) < 4.78 is 12.8. The zero-order valence-corrected chi connectivity index (χ0v) is 8.09. The smallest absolute Gasteiger partial charge is 0.123 e. The number of rotatable bonds is 5. The first-order chi connectivity index (χ1) is 6.77. The third kappa shape index (κ3) is 2.82. The van der Waals surface area contributed by atoms with Crippen molar-refractivity contribution in [3.63, 3.8) is 0 Å². The average molecular weight is 191 g/mol. The average Bonchev–Trinajstić information content (AvgIpc) is 2.20. The van der Waals surface area contributed by atoms with Crippen molar-refractivity contribution in [3.05, 3.63) is 54.4 Å². The Morgan fingerprint density at radius 2 is 2.14 bits per heavy atom. The molecule has 0 fully saturated rings. The van der Waals surface area contributed by atoms with Crippen LogP contribution < -0.4 is 5.32 Å². The molecule has 0 bridgehead atoms. The van der Waals surface area contributed by atoms with Gasteiger partial charge in [-0.15, -0.1) is 6.58 Å². The van der Waals surface area contributed by atoms with Crippen LogP contribution in [-0.2, 0) is 6.54 Å². The van der Waals surface area contributed by atoms with E-state index in [9.17, 15) is 4.39 Å². The fraction of sp³-hybridized carbons (Fsp3) is 0.167.